The van der Waals surface area contributed by atoms with E-state index in [0.29, 0.717) is 6.04 Å². The number of benzene rings is 1. The number of hydrogen-bond donors (Lipinski definition) is 1. The van der Waals surface area contributed by atoms with Crippen molar-refractivity contribution in [1.82, 2.24) is 0 Å². The van der Waals surface area contributed by atoms with Gasteiger partial charge in [0.25, 0.3) is 0 Å². The van der Waals surface area contributed by atoms with Gasteiger partial charge in [0, 0.05) is 18.7 Å². The molecule has 0 saturated carbocycles. The summed E-state index contributed by atoms with van der Waals surface area (Å²) in [5.41, 5.74) is 8.11. The molecule has 0 aliphatic carbocycles. The number of piperidine rings is 1. The number of methoxy groups -OCH3 is 1. The molecule has 1 fully saturated rings. The third-order valence-corrected chi connectivity index (χ3v) is 3.64. The van der Waals surface area contributed by atoms with Crippen LogP contribution in [0.3, 0.4) is 0 Å². The van der Waals surface area contributed by atoms with Crippen LogP contribution in [0.5, 0.6) is 5.75 Å². The van der Waals surface area contributed by atoms with Crippen molar-refractivity contribution < 1.29 is 4.74 Å². The summed E-state index contributed by atoms with van der Waals surface area (Å²) in [5, 5.41) is 0. The number of nitrogens with zero attached hydrogens (tertiary/aromatic N) is 1. The fraction of sp³-hybridized carbons (Fsp3) is 0.571. The van der Waals surface area contributed by atoms with Gasteiger partial charge < -0.3 is 15.4 Å². The molecular formula is C14H22N2O. The molecular weight excluding hydrogens is 212 g/mol. The standard InChI is InChI=1S/C14H22N2O/c1-3-11-6-4-5-9-16(11)14-8-7-12(17-2)10-13(14)15/h7-8,10-11H,3-6,9,15H2,1-2H3. The maximum absolute atomic E-state index is 6.12. The van der Waals surface area contributed by atoms with Gasteiger partial charge >= 0.3 is 0 Å². The molecule has 1 aliphatic rings. The molecule has 0 aromatic heterocycles. The van der Waals surface area contributed by atoms with E-state index in [0.717, 1.165) is 23.7 Å². The van der Waals surface area contributed by atoms with E-state index in [1.54, 1.807) is 7.11 Å². The lowest BCUT2D eigenvalue weighted by molar-refractivity contribution is 0.414. The van der Waals surface area contributed by atoms with E-state index in [-0.39, 0.29) is 0 Å². The Morgan fingerprint density at radius 3 is 2.88 bits per heavy atom. The normalized spacial score (nSPS) is 20.4. The van der Waals surface area contributed by atoms with Gasteiger partial charge in [-0.25, -0.2) is 0 Å². The summed E-state index contributed by atoms with van der Waals surface area (Å²) >= 11 is 0. The number of hydrogen-bond acceptors (Lipinski definition) is 3. The highest BCUT2D eigenvalue weighted by Gasteiger charge is 2.22. The monoisotopic (exact) mass is 234 g/mol. The topological polar surface area (TPSA) is 38.5 Å². The third kappa shape index (κ3) is 2.48. The number of anilines is 2. The van der Waals surface area contributed by atoms with Gasteiger partial charge in [-0.1, -0.05) is 6.92 Å². The van der Waals surface area contributed by atoms with Crippen LogP contribution in [0.4, 0.5) is 11.4 Å². The lowest BCUT2D eigenvalue weighted by Crippen LogP contribution is -2.39. The molecule has 1 aliphatic heterocycles. The quantitative estimate of drug-likeness (QED) is 0.817. The minimum atomic E-state index is 0.638. The van der Waals surface area contributed by atoms with E-state index in [1.807, 2.05) is 12.1 Å². The lowest BCUT2D eigenvalue weighted by atomic mass is 9.99. The molecule has 1 aromatic carbocycles. The minimum Gasteiger partial charge on any atom is -0.497 e. The van der Waals surface area contributed by atoms with Crippen molar-refractivity contribution in [3.8, 4) is 5.75 Å². The van der Waals surface area contributed by atoms with Gasteiger partial charge in [-0.05, 0) is 37.8 Å². The molecule has 0 amide bonds. The lowest BCUT2D eigenvalue weighted by Gasteiger charge is -2.37. The summed E-state index contributed by atoms with van der Waals surface area (Å²) in [7, 11) is 1.67. The zero-order chi connectivity index (χ0) is 12.3. The Morgan fingerprint density at radius 2 is 2.24 bits per heavy atom. The fourth-order valence-corrected chi connectivity index (χ4v) is 2.66. The predicted octanol–water partition coefficient (Wildman–Crippen LogP) is 3.05. The van der Waals surface area contributed by atoms with Gasteiger partial charge in [-0.3, -0.25) is 0 Å². The molecule has 1 aromatic rings. The van der Waals surface area contributed by atoms with Gasteiger partial charge in [0.15, 0.2) is 0 Å². The van der Waals surface area contributed by atoms with Gasteiger partial charge in [-0.2, -0.15) is 0 Å². The average Bonchev–Trinajstić information content (AvgIpc) is 2.38. The first-order chi connectivity index (χ1) is 8.26. The average molecular weight is 234 g/mol. The van der Waals surface area contributed by atoms with E-state index < -0.39 is 0 Å². The predicted molar refractivity (Wildman–Crippen MR) is 72.7 cm³/mol. The first-order valence-electron chi connectivity index (χ1n) is 6.46. The van der Waals surface area contributed by atoms with Crippen molar-refractivity contribution in [1.29, 1.82) is 0 Å². The van der Waals surface area contributed by atoms with Crippen molar-refractivity contribution in [2.75, 3.05) is 24.3 Å². The Hall–Kier alpha value is -1.38. The van der Waals surface area contributed by atoms with E-state index >= 15 is 0 Å². The fourth-order valence-electron chi connectivity index (χ4n) is 2.66. The van der Waals surface area contributed by atoms with Crippen LogP contribution in [0.25, 0.3) is 0 Å². The van der Waals surface area contributed by atoms with Crippen LogP contribution in [-0.4, -0.2) is 19.7 Å². The van der Waals surface area contributed by atoms with Gasteiger partial charge in [-0.15, -0.1) is 0 Å². The summed E-state index contributed by atoms with van der Waals surface area (Å²) in [6, 6.07) is 6.63. The molecule has 1 saturated heterocycles. The summed E-state index contributed by atoms with van der Waals surface area (Å²) in [5.74, 6) is 0.830. The second-order valence-corrected chi connectivity index (χ2v) is 4.68. The van der Waals surface area contributed by atoms with Crippen LogP contribution < -0.4 is 15.4 Å². The maximum Gasteiger partial charge on any atom is 0.121 e. The number of nitrogen functional groups attached to an aromatic ring is 1. The molecule has 1 unspecified atom stereocenters. The number of nitrogens with two attached hydrogens (primary N) is 1. The van der Waals surface area contributed by atoms with E-state index in [4.69, 9.17) is 10.5 Å². The number of rotatable bonds is 3. The summed E-state index contributed by atoms with van der Waals surface area (Å²) in [6.45, 7) is 3.37. The van der Waals surface area contributed by atoms with E-state index in [9.17, 15) is 0 Å². The molecule has 17 heavy (non-hydrogen) atoms. The Bertz CT molecular complexity index is 378. The van der Waals surface area contributed by atoms with Crippen LogP contribution in [-0.2, 0) is 0 Å². The summed E-state index contributed by atoms with van der Waals surface area (Å²) in [6.07, 6.45) is 5.07. The molecule has 2 rings (SSSR count). The molecule has 1 heterocycles. The van der Waals surface area contributed by atoms with E-state index in [1.165, 1.54) is 25.7 Å². The molecule has 0 radical (unpaired) electrons. The molecule has 1 atom stereocenters. The zero-order valence-corrected chi connectivity index (χ0v) is 10.8. The van der Waals surface area contributed by atoms with Crippen molar-refractivity contribution in [2.45, 2.75) is 38.6 Å². The first kappa shape index (κ1) is 12.1. The molecule has 2 N–H and O–H groups in total. The van der Waals surface area contributed by atoms with Crippen LogP contribution in [0, 0.1) is 0 Å². The Morgan fingerprint density at radius 1 is 1.41 bits per heavy atom. The van der Waals surface area contributed by atoms with E-state index in [2.05, 4.69) is 17.9 Å². The van der Waals surface area contributed by atoms with Crippen LogP contribution in [0.15, 0.2) is 18.2 Å². The van der Waals surface area contributed by atoms with Gasteiger partial charge in [0.05, 0.1) is 18.5 Å². The SMILES string of the molecule is CCC1CCCCN1c1ccc(OC)cc1N. The van der Waals surface area contributed by atoms with Crippen LogP contribution >= 0.6 is 0 Å². The second-order valence-electron chi connectivity index (χ2n) is 4.68. The molecule has 0 spiro atoms. The minimum absolute atomic E-state index is 0.638. The summed E-state index contributed by atoms with van der Waals surface area (Å²) in [4.78, 5) is 2.46. The Kier molecular flexibility index (Phi) is 3.77. The zero-order valence-electron chi connectivity index (χ0n) is 10.8. The largest absolute Gasteiger partial charge is 0.497 e. The van der Waals surface area contributed by atoms with Crippen molar-refractivity contribution in [2.24, 2.45) is 0 Å². The summed E-state index contributed by atoms with van der Waals surface area (Å²) < 4.78 is 5.19. The molecule has 0 bridgehead atoms. The van der Waals surface area contributed by atoms with Crippen molar-refractivity contribution >= 4 is 11.4 Å². The maximum atomic E-state index is 6.12. The van der Waals surface area contributed by atoms with Crippen molar-refractivity contribution in [3.63, 3.8) is 0 Å². The molecule has 3 nitrogen and oxygen atoms in total. The van der Waals surface area contributed by atoms with Crippen LogP contribution in [0.2, 0.25) is 0 Å². The third-order valence-electron chi connectivity index (χ3n) is 3.64. The Labute approximate surface area is 104 Å². The van der Waals surface area contributed by atoms with Gasteiger partial charge in [0.1, 0.15) is 5.75 Å². The molecule has 3 heteroatoms. The Balaban J connectivity index is 2.25. The second kappa shape index (κ2) is 5.30. The number of ether oxygens (including phenoxy) is 1. The molecule has 94 valence electrons. The van der Waals surface area contributed by atoms with Crippen molar-refractivity contribution in [3.05, 3.63) is 18.2 Å². The first-order valence-corrected chi connectivity index (χ1v) is 6.46. The highest BCUT2D eigenvalue weighted by atomic mass is 16.5. The highest BCUT2D eigenvalue weighted by Crippen LogP contribution is 2.33. The van der Waals surface area contributed by atoms with Crippen LogP contribution in [0.1, 0.15) is 32.6 Å². The highest BCUT2D eigenvalue weighted by molar-refractivity contribution is 5.70. The van der Waals surface area contributed by atoms with Gasteiger partial charge in [0.2, 0.25) is 0 Å². The smallest absolute Gasteiger partial charge is 0.121 e.